The largest absolute Gasteiger partial charge is 0.690 e. The minimum absolute atomic E-state index is 0.114. The SMILES string of the molecule is CCNC(=O)Nc1cc(-c2[nH]c(C(F)(F)F)c[s+]2)c(-c2cncc(C(=N)[N-][O+]=[S+][O-])c2)cn1. The van der Waals surface area contributed by atoms with Crippen LogP contribution < -0.4 is 10.6 Å². The summed E-state index contributed by atoms with van der Waals surface area (Å²) < 4.78 is 54.0. The number of H-pyrrole nitrogens is 1. The van der Waals surface area contributed by atoms with E-state index in [9.17, 15) is 22.5 Å². The van der Waals surface area contributed by atoms with E-state index in [2.05, 4.69) is 35.0 Å². The quantitative estimate of drug-likeness (QED) is 0.131. The van der Waals surface area contributed by atoms with Crippen molar-refractivity contribution in [3.8, 4) is 21.7 Å². The highest BCUT2D eigenvalue weighted by atomic mass is 32.2. The number of urea groups is 1. The zero-order valence-corrected chi connectivity index (χ0v) is 18.3. The zero-order chi connectivity index (χ0) is 24.0. The monoisotopic (exact) mass is 498 g/mol. The van der Waals surface area contributed by atoms with Crippen LogP contribution >= 0.6 is 11.3 Å². The van der Waals surface area contributed by atoms with Gasteiger partial charge in [0.25, 0.3) is 0 Å². The Kier molecular flexibility index (Phi) is 7.57. The van der Waals surface area contributed by atoms with Crippen molar-refractivity contribution in [3.63, 3.8) is 0 Å². The third-order valence-electron chi connectivity index (χ3n) is 4.06. The van der Waals surface area contributed by atoms with Crippen molar-refractivity contribution < 1.29 is 26.5 Å². The Labute approximate surface area is 192 Å². The average Bonchev–Trinajstić information content (AvgIpc) is 3.28. The van der Waals surface area contributed by atoms with Crippen molar-refractivity contribution in [2.24, 2.45) is 0 Å². The van der Waals surface area contributed by atoms with Crippen molar-refractivity contribution in [2.75, 3.05) is 11.9 Å². The first-order valence-corrected chi connectivity index (χ1v) is 10.6. The van der Waals surface area contributed by atoms with E-state index in [1.165, 1.54) is 30.7 Å². The molecule has 3 aromatic rings. The Hall–Kier alpha value is -3.56. The Bertz CT molecular complexity index is 1200. The maximum absolute atomic E-state index is 13.1. The van der Waals surface area contributed by atoms with Crippen LogP contribution in [0.5, 0.6) is 0 Å². The third kappa shape index (κ3) is 6.03. The van der Waals surface area contributed by atoms with Gasteiger partial charge in [0.05, 0.1) is 5.56 Å². The smallest absolute Gasteiger partial charge is 0.475 e. The van der Waals surface area contributed by atoms with Gasteiger partial charge in [-0.25, -0.2) is 9.78 Å². The van der Waals surface area contributed by atoms with Gasteiger partial charge in [-0.3, -0.25) is 15.3 Å². The van der Waals surface area contributed by atoms with Gasteiger partial charge in [-0.05, 0) is 24.6 Å². The summed E-state index contributed by atoms with van der Waals surface area (Å²) in [5, 5.41) is 14.0. The number of hydrogen-bond donors (Lipinski definition) is 4. The fraction of sp³-hybridized carbons (Fsp3) is 0.167. The summed E-state index contributed by atoms with van der Waals surface area (Å²) in [5.41, 5.74) is 3.68. The maximum Gasteiger partial charge on any atom is 0.690 e. The fourth-order valence-corrected chi connectivity index (χ4v) is 3.65. The Morgan fingerprint density at radius 2 is 2.12 bits per heavy atom. The number of hydrogen-bond acceptors (Lipinski definition) is 5. The van der Waals surface area contributed by atoms with Crippen LogP contribution in [0.15, 0.2) is 36.1 Å². The molecule has 0 spiro atoms. The van der Waals surface area contributed by atoms with Gasteiger partial charge in [-0.1, -0.05) is 0 Å². The number of aromatic amines is 1. The van der Waals surface area contributed by atoms with Crippen molar-refractivity contribution in [1.82, 2.24) is 20.3 Å². The van der Waals surface area contributed by atoms with Crippen LogP contribution in [0.25, 0.3) is 27.2 Å². The fourth-order valence-electron chi connectivity index (χ4n) is 2.65. The van der Waals surface area contributed by atoms with E-state index in [1.807, 2.05) is 0 Å². The molecule has 0 atom stereocenters. The van der Waals surface area contributed by atoms with Gasteiger partial charge in [-0.15, -0.1) is 0 Å². The van der Waals surface area contributed by atoms with E-state index < -0.39 is 17.9 Å². The number of nitrogens with one attached hydrogen (secondary N) is 4. The van der Waals surface area contributed by atoms with E-state index in [0.717, 1.165) is 16.7 Å². The molecule has 0 fully saturated rings. The van der Waals surface area contributed by atoms with Crippen molar-refractivity contribution in [2.45, 2.75) is 13.1 Å². The van der Waals surface area contributed by atoms with Gasteiger partial charge in [0.2, 0.25) is 16.7 Å². The summed E-state index contributed by atoms with van der Waals surface area (Å²) >= 11 is 0.544. The van der Waals surface area contributed by atoms with Crippen molar-refractivity contribution in [1.29, 1.82) is 5.41 Å². The number of nitrogens with zero attached hydrogens (tertiary/aromatic N) is 3. The van der Waals surface area contributed by atoms with Gasteiger partial charge in [0.15, 0.2) is 5.69 Å². The number of thiazole rings is 1. The van der Waals surface area contributed by atoms with E-state index in [0.29, 0.717) is 23.2 Å². The molecule has 33 heavy (non-hydrogen) atoms. The van der Waals surface area contributed by atoms with E-state index in [4.69, 9.17) is 5.41 Å². The molecule has 0 saturated heterocycles. The molecule has 3 aromatic heterocycles. The molecule has 0 aliphatic carbocycles. The molecule has 0 saturated carbocycles. The van der Waals surface area contributed by atoms with Gasteiger partial charge in [0, 0.05) is 47.6 Å². The normalized spacial score (nSPS) is 11.4. The molecule has 0 unspecified atom stereocenters. The number of alkyl halides is 3. The average molecular weight is 498 g/mol. The second kappa shape index (κ2) is 10.4. The van der Waals surface area contributed by atoms with E-state index >= 15 is 0 Å². The van der Waals surface area contributed by atoms with Gasteiger partial charge >= 0.3 is 29.2 Å². The molecule has 0 bridgehead atoms. The number of hydroxylamine groups is 1. The Morgan fingerprint density at radius 1 is 1.33 bits per heavy atom. The van der Waals surface area contributed by atoms with Gasteiger partial charge in [0.1, 0.15) is 9.76 Å². The molecule has 15 heteroatoms. The number of halogens is 3. The molecule has 172 valence electrons. The van der Waals surface area contributed by atoms with Crippen LogP contribution in [0, 0.1) is 5.41 Å². The number of carbonyl (C=O) groups is 1. The number of rotatable bonds is 6. The summed E-state index contributed by atoms with van der Waals surface area (Å²) in [5.74, 6) is -0.262. The molecular weight excluding hydrogens is 483 g/mol. The maximum atomic E-state index is 13.1. The second-order valence-electron chi connectivity index (χ2n) is 6.25. The number of carbonyl (C=O) groups excluding carboxylic acids is 1. The number of pyridine rings is 2. The first-order chi connectivity index (χ1) is 15.7. The van der Waals surface area contributed by atoms with Crippen LogP contribution in [0.2, 0.25) is 0 Å². The van der Waals surface area contributed by atoms with Crippen LogP contribution in [-0.4, -0.2) is 37.9 Å². The van der Waals surface area contributed by atoms with E-state index in [-0.39, 0.29) is 34.2 Å². The number of anilines is 1. The van der Waals surface area contributed by atoms with Crippen molar-refractivity contribution in [3.05, 3.63) is 52.8 Å². The van der Waals surface area contributed by atoms with Crippen molar-refractivity contribution >= 4 is 41.0 Å². The number of amides is 2. The predicted molar refractivity (Wildman–Crippen MR) is 116 cm³/mol. The first kappa shape index (κ1) is 24.1. The molecular formula is C18H15F3N7O3S2+. The van der Waals surface area contributed by atoms with Gasteiger partial charge < -0.3 is 15.3 Å². The lowest BCUT2D eigenvalue weighted by Gasteiger charge is -2.10. The summed E-state index contributed by atoms with van der Waals surface area (Å²) in [4.78, 5) is 22.4. The minimum atomic E-state index is -4.57. The molecule has 4 N–H and O–H groups in total. The minimum Gasteiger partial charge on any atom is -0.475 e. The predicted octanol–water partition coefficient (Wildman–Crippen LogP) is 4.35. The summed E-state index contributed by atoms with van der Waals surface area (Å²) in [6.07, 6.45) is -0.466. The van der Waals surface area contributed by atoms with Crippen LogP contribution in [0.3, 0.4) is 0 Å². The zero-order valence-electron chi connectivity index (χ0n) is 16.7. The lowest BCUT2D eigenvalue weighted by atomic mass is 10.0. The summed E-state index contributed by atoms with van der Waals surface area (Å²) in [6.45, 7) is 2.10. The topological polar surface area (TPSA) is 155 Å². The van der Waals surface area contributed by atoms with Gasteiger partial charge in [-0.2, -0.15) is 13.2 Å². The second-order valence-corrected chi connectivity index (χ2v) is 7.41. The molecule has 10 nitrogen and oxygen atoms in total. The molecule has 2 amide bonds. The van der Waals surface area contributed by atoms with Crippen LogP contribution in [-0.2, 0) is 22.1 Å². The van der Waals surface area contributed by atoms with Crippen LogP contribution in [0.4, 0.5) is 23.8 Å². The Balaban J connectivity index is 2.08. The molecule has 3 heterocycles. The van der Waals surface area contributed by atoms with Crippen LogP contribution in [0.1, 0.15) is 18.2 Å². The highest BCUT2D eigenvalue weighted by Crippen LogP contribution is 2.38. The number of aromatic nitrogens is 3. The van der Waals surface area contributed by atoms with E-state index in [1.54, 1.807) is 6.92 Å². The summed E-state index contributed by atoms with van der Waals surface area (Å²) in [6, 6.07) is 2.39. The lowest BCUT2D eigenvalue weighted by molar-refractivity contribution is -0.140. The molecule has 0 aromatic carbocycles. The molecule has 3 rings (SSSR count). The lowest BCUT2D eigenvalue weighted by Crippen LogP contribution is -2.28. The standard InChI is InChI=1S/C18H14F3N7O3S2/c1-2-24-17(29)27-14-4-11(16-26-13(8-32-16)18(19,20)21)12(7-25-14)9-3-10(6-23-5-9)15(22)28-31-33-30/h3-8,22H,2H2,1H3,(H2-,24,25,26,27,29)/p+1. The first-order valence-electron chi connectivity index (χ1n) is 9.07. The summed E-state index contributed by atoms with van der Waals surface area (Å²) in [7, 11) is 0. The highest BCUT2D eigenvalue weighted by Gasteiger charge is 2.37. The highest BCUT2D eigenvalue weighted by molar-refractivity contribution is 7.59. The molecule has 0 aliphatic rings. The Morgan fingerprint density at radius 3 is 2.79 bits per heavy atom. The molecule has 0 aliphatic heterocycles. The third-order valence-corrected chi connectivity index (χ3v) is 5.10. The molecule has 0 radical (unpaired) electrons. The number of amidine groups is 1.